The average Bonchev–Trinajstić information content (AvgIpc) is 2.78. The van der Waals surface area contributed by atoms with Gasteiger partial charge in [0.25, 0.3) is 0 Å². The molecular weight excluding hydrogens is 511 g/mol. The summed E-state index contributed by atoms with van der Waals surface area (Å²) in [6.07, 6.45) is -4.86. The topological polar surface area (TPSA) is 124 Å². The lowest BCUT2D eigenvalue weighted by Crippen LogP contribution is -2.46. The van der Waals surface area contributed by atoms with Crippen LogP contribution in [0.4, 0.5) is 18.9 Å². The van der Waals surface area contributed by atoms with E-state index in [2.05, 4.69) is 4.72 Å². The van der Waals surface area contributed by atoms with Crippen molar-refractivity contribution < 1.29 is 39.9 Å². The minimum absolute atomic E-state index is 0.0220. The molecule has 0 aliphatic carbocycles. The van der Waals surface area contributed by atoms with Crippen LogP contribution in [0.5, 0.6) is 0 Å². The highest BCUT2D eigenvalue weighted by atomic mass is 32.2. The van der Waals surface area contributed by atoms with Gasteiger partial charge >= 0.3 is 12.1 Å². The van der Waals surface area contributed by atoms with Crippen molar-refractivity contribution >= 4 is 31.7 Å². The van der Waals surface area contributed by atoms with Crippen LogP contribution in [0.25, 0.3) is 0 Å². The first-order valence-corrected chi connectivity index (χ1v) is 13.3. The molecule has 0 amide bonds. The van der Waals surface area contributed by atoms with Crippen LogP contribution in [0, 0.1) is 0 Å². The predicted molar refractivity (Wildman–Crippen MR) is 121 cm³/mol. The summed E-state index contributed by atoms with van der Waals surface area (Å²) >= 11 is 0. The van der Waals surface area contributed by atoms with E-state index in [4.69, 9.17) is 5.11 Å². The fraction of sp³-hybridized carbons (Fsp3) is 0.381. The van der Waals surface area contributed by atoms with Gasteiger partial charge in [0.15, 0.2) is 0 Å². The molecule has 2 aromatic rings. The molecule has 1 aliphatic heterocycles. The maximum Gasteiger partial charge on any atom is 0.417 e. The number of benzene rings is 2. The molecule has 9 nitrogen and oxygen atoms in total. The molecule has 1 aliphatic rings. The summed E-state index contributed by atoms with van der Waals surface area (Å²) in [5.74, 6) is -1.29. The van der Waals surface area contributed by atoms with Gasteiger partial charge in [0, 0.05) is 38.9 Å². The first-order valence-electron chi connectivity index (χ1n) is 10.4. The molecule has 2 aromatic carbocycles. The van der Waals surface area contributed by atoms with E-state index >= 15 is 0 Å². The second-order valence-electron chi connectivity index (χ2n) is 8.21. The minimum Gasteiger partial charge on any atom is -0.478 e. The predicted octanol–water partition coefficient (Wildman–Crippen LogP) is 2.60. The molecule has 14 heteroatoms. The maximum atomic E-state index is 13.6. The summed E-state index contributed by atoms with van der Waals surface area (Å²) in [4.78, 5) is 11.4. The molecule has 35 heavy (non-hydrogen) atoms. The minimum atomic E-state index is -4.90. The molecule has 1 saturated heterocycles. The summed E-state index contributed by atoms with van der Waals surface area (Å²) in [5, 5.41) is 9.09. The Morgan fingerprint density at radius 1 is 1.06 bits per heavy atom. The summed E-state index contributed by atoms with van der Waals surface area (Å²) in [6, 6.07) is 6.98. The number of nitrogens with zero attached hydrogens (tertiary/aromatic N) is 2. The third-order valence-electron chi connectivity index (χ3n) is 5.57. The molecule has 0 aromatic heterocycles. The number of carboxylic acid groups (broad SMARTS) is 1. The lowest BCUT2D eigenvalue weighted by Gasteiger charge is -2.31. The number of aromatic carboxylic acids is 1. The van der Waals surface area contributed by atoms with Gasteiger partial charge in [-0.15, -0.1) is 0 Å². The molecule has 1 heterocycles. The zero-order valence-electron chi connectivity index (χ0n) is 18.8. The summed E-state index contributed by atoms with van der Waals surface area (Å²) in [5.41, 5.74) is -1.31. The van der Waals surface area contributed by atoms with Gasteiger partial charge in [0.1, 0.15) is 0 Å². The van der Waals surface area contributed by atoms with Gasteiger partial charge in [-0.1, -0.05) is 6.07 Å². The standard InChI is InChI=1S/C21H24F3N3O6S2/c1-26(2)16-6-7-19(18(13-16)21(22,23)24)34(30,31)25-15-8-10-27(11-9-15)35(32,33)17-5-3-4-14(12-17)20(28)29/h3-7,12-13,15,25H,8-11H2,1-2H3,(H,28,29). The van der Waals surface area contributed by atoms with E-state index in [-0.39, 0.29) is 42.1 Å². The summed E-state index contributed by atoms with van der Waals surface area (Å²) < 4.78 is 95.6. The van der Waals surface area contributed by atoms with Gasteiger partial charge in [0.2, 0.25) is 20.0 Å². The third-order valence-corrected chi connectivity index (χ3v) is 9.04. The van der Waals surface area contributed by atoms with E-state index in [9.17, 15) is 34.8 Å². The van der Waals surface area contributed by atoms with E-state index in [0.29, 0.717) is 0 Å². The number of rotatable bonds is 7. The molecule has 0 unspecified atom stereocenters. The molecule has 0 spiro atoms. The van der Waals surface area contributed by atoms with Gasteiger partial charge in [-0.2, -0.15) is 17.5 Å². The van der Waals surface area contributed by atoms with Crippen LogP contribution in [-0.4, -0.2) is 65.4 Å². The van der Waals surface area contributed by atoms with Gasteiger partial charge in [-0.05, 0) is 49.2 Å². The van der Waals surface area contributed by atoms with Crippen molar-refractivity contribution in [1.29, 1.82) is 0 Å². The Bertz CT molecular complexity index is 1320. The third kappa shape index (κ3) is 5.94. The Labute approximate surface area is 201 Å². The van der Waals surface area contributed by atoms with Gasteiger partial charge in [0.05, 0.1) is 20.9 Å². The van der Waals surface area contributed by atoms with Gasteiger partial charge < -0.3 is 10.0 Å². The van der Waals surface area contributed by atoms with Crippen molar-refractivity contribution in [2.45, 2.75) is 34.9 Å². The Kier molecular flexibility index (Phi) is 7.50. The van der Waals surface area contributed by atoms with E-state index in [1.165, 1.54) is 43.3 Å². The summed E-state index contributed by atoms with van der Waals surface area (Å²) in [6.45, 7) is -0.197. The van der Waals surface area contributed by atoms with Crippen LogP contribution in [0.3, 0.4) is 0 Å². The molecule has 0 atom stereocenters. The lowest BCUT2D eigenvalue weighted by atomic mass is 10.1. The van der Waals surface area contributed by atoms with Crippen LogP contribution >= 0.6 is 0 Å². The normalized spacial score (nSPS) is 16.3. The van der Waals surface area contributed by atoms with Crippen LogP contribution in [-0.2, 0) is 26.2 Å². The molecule has 0 saturated carbocycles. The Morgan fingerprint density at radius 2 is 1.69 bits per heavy atom. The van der Waals surface area contributed by atoms with Crippen LogP contribution < -0.4 is 9.62 Å². The number of hydrogen-bond acceptors (Lipinski definition) is 6. The Morgan fingerprint density at radius 3 is 2.23 bits per heavy atom. The monoisotopic (exact) mass is 535 g/mol. The van der Waals surface area contributed by atoms with Crippen molar-refractivity contribution in [1.82, 2.24) is 9.03 Å². The second-order valence-corrected chi connectivity index (χ2v) is 11.8. The molecule has 3 rings (SSSR count). The van der Waals surface area contributed by atoms with Crippen molar-refractivity contribution in [2.75, 3.05) is 32.1 Å². The quantitative estimate of drug-likeness (QED) is 0.559. The number of alkyl halides is 3. The number of anilines is 1. The molecule has 192 valence electrons. The van der Waals surface area contributed by atoms with Crippen molar-refractivity contribution in [2.24, 2.45) is 0 Å². The highest BCUT2D eigenvalue weighted by molar-refractivity contribution is 7.89. The fourth-order valence-corrected chi connectivity index (χ4v) is 6.72. The zero-order chi connectivity index (χ0) is 26.2. The number of nitrogens with one attached hydrogen (secondary N) is 1. The lowest BCUT2D eigenvalue weighted by molar-refractivity contribution is -0.139. The number of piperidine rings is 1. The highest BCUT2D eigenvalue weighted by Crippen LogP contribution is 2.36. The van der Waals surface area contributed by atoms with E-state index < -0.39 is 48.7 Å². The first kappa shape index (κ1) is 26.9. The summed E-state index contributed by atoms with van der Waals surface area (Å²) in [7, 11) is -5.54. The second kappa shape index (κ2) is 9.76. The van der Waals surface area contributed by atoms with Crippen molar-refractivity contribution in [3.63, 3.8) is 0 Å². The Balaban J connectivity index is 1.77. The van der Waals surface area contributed by atoms with Crippen molar-refractivity contribution in [3.05, 3.63) is 53.6 Å². The van der Waals surface area contributed by atoms with Crippen LogP contribution in [0.1, 0.15) is 28.8 Å². The first-order chi connectivity index (χ1) is 16.1. The smallest absolute Gasteiger partial charge is 0.417 e. The number of halogens is 3. The number of carbonyl (C=O) groups is 1. The van der Waals surface area contributed by atoms with Crippen LogP contribution in [0.15, 0.2) is 52.3 Å². The zero-order valence-corrected chi connectivity index (χ0v) is 20.4. The van der Waals surface area contributed by atoms with E-state index in [1.54, 1.807) is 0 Å². The molecular formula is C21H24F3N3O6S2. The van der Waals surface area contributed by atoms with E-state index in [0.717, 1.165) is 22.5 Å². The molecule has 2 N–H and O–H groups in total. The molecule has 1 fully saturated rings. The van der Waals surface area contributed by atoms with Crippen molar-refractivity contribution in [3.8, 4) is 0 Å². The SMILES string of the molecule is CN(C)c1ccc(S(=O)(=O)NC2CCN(S(=O)(=O)c3cccc(C(=O)O)c3)CC2)c(C(F)(F)F)c1. The van der Waals surface area contributed by atoms with Gasteiger partial charge in [-0.3, -0.25) is 0 Å². The molecule has 0 radical (unpaired) electrons. The highest BCUT2D eigenvalue weighted by Gasteiger charge is 2.39. The van der Waals surface area contributed by atoms with Gasteiger partial charge in [-0.25, -0.2) is 26.4 Å². The maximum absolute atomic E-state index is 13.6. The average molecular weight is 536 g/mol. The van der Waals surface area contributed by atoms with Crippen LogP contribution in [0.2, 0.25) is 0 Å². The number of hydrogen-bond donors (Lipinski definition) is 2. The fourth-order valence-electron chi connectivity index (χ4n) is 3.69. The number of carboxylic acids is 1. The molecule has 0 bridgehead atoms. The van der Waals surface area contributed by atoms with E-state index in [1.807, 2.05) is 0 Å². The number of sulfonamides is 2. The largest absolute Gasteiger partial charge is 0.478 e. The Hall–Kier alpha value is -2.68.